The molecule has 0 atom stereocenters. The van der Waals surface area contributed by atoms with Crippen LogP contribution in [0.5, 0.6) is 5.75 Å². The lowest BCUT2D eigenvalue weighted by Crippen LogP contribution is -2.38. The van der Waals surface area contributed by atoms with Gasteiger partial charge in [-0.3, -0.25) is 9.52 Å². The van der Waals surface area contributed by atoms with Crippen molar-refractivity contribution in [2.75, 3.05) is 11.3 Å². The lowest BCUT2D eigenvalue weighted by molar-refractivity contribution is -0.123. The van der Waals surface area contributed by atoms with E-state index in [0.29, 0.717) is 5.69 Å². The molecular formula is C22H27ClN2O4S. The minimum atomic E-state index is -3.78. The highest BCUT2D eigenvalue weighted by atomic mass is 35.5. The fourth-order valence-corrected chi connectivity index (χ4v) is 4.88. The minimum Gasteiger partial charge on any atom is -0.482 e. The number of hydrogen-bond donors (Lipinski definition) is 2. The number of carbonyl (C=O) groups excluding carboxylic acids is 1. The molecular weight excluding hydrogens is 424 g/mol. The first kappa shape index (κ1) is 22.4. The van der Waals surface area contributed by atoms with Crippen molar-refractivity contribution in [1.82, 2.24) is 5.32 Å². The third-order valence-electron chi connectivity index (χ3n) is 5.07. The van der Waals surface area contributed by atoms with E-state index in [1.165, 1.54) is 37.5 Å². The highest BCUT2D eigenvalue weighted by Crippen LogP contribution is 2.28. The van der Waals surface area contributed by atoms with E-state index in [2.05, 4.69) is 10.0 Å². The molecule has 2 N–H and O–H groups in total. The van der Waals surface area contributed by atoms with Crippen LogP contribution in [0, 0.1) is 0 Å². The fraction of sp³-hybridized carbons (Fsp3) is 0.409. The van der Waals surface area contributed by atoms with Gasteiger partial charge in [0.2, 0.25) is 0 Å². The Kier molecular flexibility index (Phi) is 7.99. The normalized spacial score (nSPS) is 15.6. The summed E-state index contributed by atoms with van der Waals surface area (Å²) in [5.41, 5.74) is 0.458. The van der Waals surface area contributed by atoms with E-state index in [9.17, 15) is 13.2 Å². The molecule has 0 aromatic heterocycles. The van der Waals surface area contributed by atoms with Gasteiger partial charge in [-0.1, -0.05) is 61.9 Å². The summed E-state index contributed by atoms with van der Waals surface area (Å²) < 4.78 is 33.1. The number of rotatable bonds is 7. The summed E-state index contributed by atoms with van der Waals surface area (Å²) in [5.74, 6) is 0.0715. The number of ether oxygens (including phenoxy) is 1. The molecule has 0 unspecified atom stereocenters. The second-order valence-corrected chi connectivity index (χ2v) is 9.55. The van der Waals surface area contributed by atoms with Gasteiger partial charge in [-0.25, -0.2) is 8.42 Å². The third-order valence-corrected chi connectivity index (χ3v) is 6.74. The summed E-state index contributed by atoms with van der Waals surface area (Å²) in [5, 5.41) is 3.16. The Morgan fingerprint density at radius 3 is 2.33 bits per heavy atom. The number of nitrogens with one attached hydrogen (secondary N) is 2. The number of benzene rings is 2. The van der Waals surface area contributed by atoms with Gasteiger partial charge in [0.15, 0.2) is 6.61 Å². The molecule has 162 valence electrons. The van der Waals surface area contributed by atoms with Crippen LogP contribution in [0.15, 0.2) is 53.4 Å². The van der Waals surface area contributed by atoms with E-state index < -0.39 is 10.0 Å². The van der Waals surface area contributed by atoms with Gasteiger partial charge in [-0.05, 0) is 43.2 Å². The van der Waals surface area contributed by atoms with Crippen LogP contribution in [-0.4, -0.2) is 27.0 Å². The van der Waals surface area contributed by atoms with Gasteiger partial charge >= 0.3 is 0 Å². The van der Waals surface area contributed by atoms with Gasteiger partial charge in [0.05, 0.1) is 9.92 Å². The molecule has 0 spiro atoms. The summed E-state index contributed by atoms with van der Waals surface area (Å²) in [6.07, 6.45) is 7.95. The molecule has 0 bridgehead atoms. The summed E-state index contributed by atoms with van der Waals surface area (Å²) in [4.78, 5) is 12.3. The van der Waals surface area contributed by atoms with E-state index in [-0.39, 0.29) is 34.2 Å². The van der Waals surface area contributed by atoms with Crippen LogP contribution in [0.3, 0.4) is 0 Å². The van der Waals surface area contributed by atoms with Crippen molar-refractivity contribution < 1.29 is 17.9 Å². The Morgan fingerprint density at radius 2 is 1.67 bits per heavy atom. The van der Waals surface area contributed by atoms with Crippen LogP contribution in [0.2, 0.25) is 5.02 Å². The SMILES string of the molecule is O=C(COc1ccc(S(=O)(=O)Nc2ccccc2)cc1Cl)NC1CCCCCCC1. The van der Waals surface area contributed by atoms with Gasteiger partial charge in [0, 0.05) is 11.7 Å². The van der Waals surface area contributed by atoms with Gasteiger partial charge in [0.1, 0.15) is 5.75 Å². The standard InChI is InChI=1S/C22H27ClN2O4S/c23-20-15-19(30(27,28)25-18-11-7-4-8-12-18)13-14-21(20)29-16-22(26)24-17-9-5-2-1-3-6-10-17/h4,7-8,11-15,17,25H,1-3,5-6,9-10,16H2,(H,24,26). The van der Waals surface area contributed by atoms with Crippen LogP contribution < -0.4 is 14.8 Å². The zero-order valence-corrected chi connectivity index (χ0v) is 18.3. The molecule has 2 aromatic carbocycles. The van der Waals surface area contributed by atoms with Crippen LogP contribution >= 0.6 is 11.6 Å². The highest BCUT2D eigenvalue weighted by molar-refractivity contribution is 7.92. The number of hydrogen-bond acceptors (Lipinski definition) is 4. The molecule has 0 radical (unpaired) electrons. The predicted molar refractivity (Wildman–Crippen MR) is 118 cm³/mol. The molecule has 1 saturated carbocycles. The lowest BCUT2D eigenvalue weighted by atomic mass is 9.97. The monoisotopic (exact) mass is 450 g/mol. The first-order chi connectivity index (χ1) is 14.4. The van der Waals surface area contributed by atoms with Crippen molar-refractivity contribution in [2.45, 2.75) is 55.9 Å². The van der Waals surface area contributed by atoms with Crippen molar-refractivity contribution in [3.05, 3.63) is 53.6 Å². The van der Waals surface area contributed by atoms with Gasteiger partial charge in [0.25, 0.3) is 15.9 Å². The third kappa shape index (κ3) is 6.64. The van der Waals surface area contributed by atoms with Crippen molar-refractivity contribution in [2.24, 2.45) is 0 Å². The number of halogens is 1. The Morgan fingerprint density at radius 1 is 1.00 bits per heavy atom. The van der Waals surface area contributed by atoms with Gasteiger partial charge in [-0.2, -0.15) is 0 Å². The number of para-hydroxylation sites is 1. The molecule has 8 heteroatoms. The van der Waals surface area contributed by atoms with Gasteiger partial charge < -0.3 is 10.1 Å². The minimum absolute atomic E-state index is 0.0164. The smallest absolute Gasteiger partial charge is 0.261 e. The Balaban J connectivity index is 1.56. The maximum atomic E-state index is 12.5. The molecule has 1 aliphatic rings. The number of anilines is 1. The molecule has 30 heavy (non-hydrogen) atoms. The van der Waals surface area contributed by atoms with Crippen LogP contribution in [0.1, 0.15) is 44.9 Å². The van der Waals surface area contributed by atoms with E-state index in [0.717, 1.165) is 25.7 Å². The van der Waals surface area contributed by atoms with E-state index in [4.69, 9.17) is 16.3 Å². The molecule has 0 heterocycles. The van der Waals surface area contributed by atoms with E-state index in [1.807, 2.05) is 0 Å². The zero-order chi connectivity index (χ0) is 21.4. The second-order valence-electron chi connectivity index (χ2n) is 7.46. The molecule has 1 aliphatic carbocycles. The first-order valence-electron chi connectivity index (χ1n) is 10.2. The zero-order valence-electron chi connectivity index (χ0n) is 16.8. The fourth-order valence-electron chi connectivity index (χ4n) is 3.50. The van der Waals surface area contributed by atoms with E-state index >= 15 is 0 Å². The maximum absolute atomic E-state index is 12.5. The van der Waals surface area contributed by atoms with Crippen molar-refractivity contribution in [1.29, 1.82) is 0 Å². The van der Waals surface area contributed by atoms with Crippen molar-refractivity contribution in [3.8, 4) is 5.75 Å². The Labute approximate surface area is 183 Å². The van der Waals surface area contributed by atoms with Crippen LogP contribution in [0.25, 0.3) is 0 Å². The number of sulfonamides is 1. The molecule has 2 aromatic rings. The highest BCUT2D eigenvalue weighted by Gasteiger charge is 2.18. The summed E-state index contributed by atoms with van der Waals surface area (Å²) >= 11 is 6.20. The van der Waals surface area contributed by atoms with Gasteiger partial charge in [-0.15, -0.1) is 0 Å². The summed E-state index contributed by atoms with van der Waals surface area (Å²) in [6.45, 7) is -0.162. The topological polar surface area (TPSA) is 84.5 Å². The Bertz CT molecular complexity index is 943. The average molecular weight is 451 g/mol. The molecule has 1 amide bonds. The van der Waals surface area contributed by atoms with Crippen molar-refractivity contribution in [3.63, 3.8) is 0 Å². The molecule has 1 fully saturated rings. The lowest BCUT2D eigenvalue weighted by Gasteiger charge is -2.21. The first-order valence-corrected chi connectivity index (χ1v) is 12.1. The van der Waals surface area contributed by atoms with Crippen LogP contribution in [-0.2, 0) is 14.8 Å². The maximum Gasteiger partial charge on any atom is 0.261 e. The summed E-state index contributed by atoms with van der Waals surface area (Å²) in [7, 11) is -3.78. The molecule has 6 nitrogen and oxygen atoms in total. The molecule has 0 aliphatic heterocycles. The molecule has 0 saturated heterocycles. The summed E-state index contributed by atoms with van der Waals surface area (Å²) in [6, 6.07) is 13.0. The average Bonchev–Trinajstić information content (AvgIpc) is 2.69. The largest absolute Gasteiger partial charge is 0.482 e. The number of carbonyl (C=O) groups is 1. The predicted octanol–water partition coefficient (Wildman–Crippen LogP) is 4.75. The van der Waals surface area contributed by atoms with E-state index in [1.54, 1.807) is 30.3 Å². The van der Waals surface area contributed by atoms with Crippen LogP contribution in [0.4, 0.5) is 5.69 Å². The van der Waals surface area contributed by atoms with Crippen molar-refractivity contribution >= 4 is 33.2 Å². The number of amides is 1. The Hall–Kier alpha value is -2.25. The second kappa shape index (κ2) is 10.7. The quantitative estimate of drug-likeness (QED) is 0.637. The molecule has 3 rings (SSSR count).